The fourth-order valence-corrected chi connectivity index (χ4v) is 9.05. The number of likely N-dealkylation sites (tertiary alicyclic amines) is 1. The van der Waals surface area contributed by atoms with E-state index in [2.05, 4.69) is 10.2 Å². The highest BCUT2D eigenvalue weighted by Crippen LogP contribution is 2.82. The quantitative estimate of drug-likeness (QED) is 0.641. The number of hydrogen-bond acceptors (Lipinski definition) is 5. The fraction of sp³-hybridized carbons (Fsp3) is 0.704. The zero-order chi connectivity index (χ0) is 22.9. The number of hydrogen-bond donors (Lipinski definition) is 3. The van der Waals surface area contributed by atoms with Gasteiger partial charge >= 0.3 is 0 Å². The molecule has 7 rings (SSSR count). The summed E-state index contributed by atoms with van der Waals surface area (Å²) in [5.41, 5.74) is 0.465. The Bertz CT molecular complexity index is 1080. The molecule has 1 saturated heterocycles. The van der Waals surface area contributed by atoms with E-state index >= 15 is 0 Å². The van der Waals surface area contributed by atoms with Crippen molar-refractivity contribution in [1.29, 1.82) is 0 Å². The predicted octanol–water partition coefficient (Wildman–Crippen LogP) is 2.29. The summed E-state index contributed by atoms with van der Waals surface area (Å²) >= 11 is 0. The lowest BCUT2D eigenvalue weighted by atomic mass is 9.41. The zero-order valence-electron chi connectivity index (χ0n) is 19.5. The SMILES string of the molecule is CC[C@H](C)C(=O)N[C@H]1C[C@@]2(O)[C@@H]3N(CC4CC4)C4CC5C43Cc3ccc(O)cc3[C@]52CC1=O. The molecule has 1 amide bonds. The standard InChI is InChI=1S/C27H34N2O4/c1-3-14(2)23(32)28-19-11-27(33)24-25-10-16-6-7-17(30)8-18(16)26(27,12-20(19)31)21(25)9-22(25)29(24)13-15-4-5-15/h6-8,14-15,19,21-22,24,30,33H,3-5,9-13H2,1-2H3,(H,28,32)/t14-,19-,21?,22?,24+,25?,26+,27+/m0/s1. The van der Waals surface area contributed by atoms with E-state index in [4.69, 9.17) is 0 Å². The Morgan fingerprint density at radius 3 is 2.82 bits per heavy atom. The number of nitrogens with zero attached hydrogens (tertiary/aromatic N) is 1. The van der Waals surface area contributed by atoms with Crippen LogP contribution in [0, 0.1) is 23.2 Å². The molecule has 5 fully saturated rings. The van der Waals surface area contributed by atoms with Crippen molar-refractivity contribution in [2.45, 2.75) is 87.9 Å². The second-order valence-electron chi connectivity index (χ2n) is 12.1. The van der Waals surface area contributed by atoms with Crippen molar-refractivity contribution in [3.8, 4) is 5.75 Å². The maximum Gasteiger partial charge on any atom is 0.223 e. The molecule has 3 N–H and O–H groups in total. The molecule has 3 unspecified atom stereocenters. The number of carbonyl (C=O) groups excluding carboxylic acids is 2. The van der Waals surface area contributed by atoms with Crippen molar-refractivity contribution in [1.82, 2.24) is 10.2 Å². The number of aromatic hydroxyl groups is 1. The van der Waals surface area contributed by atoms with Gasteiger partial charge in [0.1, 0.15) is 5.75 Å². The Morgan fingerprint density at radius 2 is 2.09 bits per heavy atom. The summed E-state index contributed by atoms with van der Waals surface area (Å²) < 4.78 is 0. The average Bonchev–Trinajstić information content (AvgIpc) is 3.59. The number of rotatable bonds is 5. The molecular weight excluding hydrogens is 416 g/mol. The third kappa shape index (κ3) is 2.19. The van der Waals surface area contributed by atoms with Crippen LogP contribution in [0.25, 0.3) is 0 Å². The van der Waals surface area contributed by atoms with Crippen LogP contribution in [0.3, 0.4) is 0 Å². The second-order valence-corrected chi connectivity index (χ2v) is 12.1. The van der Waals surface area contributed by atoms with Crippen LogP contribution in [0.4, 0.5) is 0 Å². The highest BCUT2D eigenvalue weighted by molar-refractivity contribution is 5.92. The average molecular weight is 451 g/mol. The van der Waals surface area contributed by atoms with E-state index in [1.54, 1.807) is 6.07 Å². The van der Waals surface area contributed by atoms with Crippen LogP contribution in [0.5, 0.6) is 5.75 Å². The van der Waals surface area contributed by atoms with Crippen LogP contribution in [0.15, 0.2) is 18.2 Å². The summed E-state index contributed by atoms with van der Waals surface area (Å²) in [4.78, 5) is 28.9. The normalized spacial score (nSPS) is 45.2. The molecule has 4 saturated carbocycles. The van der Waals surface area contributed by atoms with Gasteiger partial charge in [-0.1, -0.05) is 19.9 Å². The zero-order valence-corrected chi connectivity index (χ0v) is 19.5. The van der Waals surface area contributed by atoms with E-state index in [0.29, 0.717) is 6.04 Å². The van der Waals surface area contributed by atoms with E-state index in [-0.39, 0.29) is 53.6 Å². The number of phenols is 1. The lowest BCUT2D eigenvalue weighted by molar-refractivity contribution is -0.244. The summed E-state index contributed by atoms with van der Waals surface area (Å²) in [5, 5.41) is 26.2. The van der Waals surface area contributed by atoms with E-state index in [1.807, 2.05) is 26.0 Å². The summed E-state index contributed by atoms with van der Waals surface area (Å²) in [6.07, 6.45) is 5.74. The molecule has 5 aliphatic carbocycles. The number of nitrogens with one attached hydrogen (secondary N) is 1. The molecule has 2 spiro atoms. The van der Waals surface area contributed by atoms with E-state index < -0.39 is 17.1 Å². The highest BCUT2D eigenvalue weighted by atomic mass is 16.3. The maximum absolute atomic E-state index is 13.6. The Balaban J connectivity index is 1.34. The second kappa shape index (κ2) is 6.19. The van der Waals surface area contributed by atoms with Crippen molar-refractivity contribution >= 4 is 11.7 Å². The molecule has 1 aliphatic heterocycles. The topological polar surface area (TPSA) is 89.9 Å². The van der Waals surface area contributed by atoms with E-state index in [0.717, 1.165) is 37.3 Å². The van der Waals surface area contributed by atoms with Crippen LogP contribution in [0.2, 0.25) is 0 Å². The number of amides is 1. The molecule has 8 atom stereocenters. The molecule has 6 nitrogen and oxygen atoms in total. The molecule has 176 valence electrons. The Morgan fingerprint density at radius 1 is 1.30 bits per heavy atom. The van der Waals surface area contributed by atoms with Crippen LogP contribution >= 0.6 is 0 Å². The molecule has 2 bridgehead atoms. The Labute approximate surface area is 194 Å². The van der Waals surface area contributed by atoms with Gasteiger partial charge in [0, 0.05) is 48.2 Å². The summed E-state index contributed by atoms with van der Waals surface area (Å²) in [6, 6.07) is 5.46. The molecular formula is C27H34N2O4. The van der Waals surface area contributed by atoms with Gasteiger partial charge in [0.25, 0.3) is 0 Å². The number of ketones is 1. The lowest BCUT2D eigenvalue weighted by Gasteiger charge is -2.73. The summed E-state index contributed by atoms with van der Waals surface area (Å²) in [7, 11) is 0. The molecule has 0 aromatic heterocycles. The van der Waals surface area contributed by atoms with Gasteiger partial charge in [-0.15, -0.1) is 0 Å². The van der Waals surface area contributed by atoms with Crippen LogP contribution in [0.1, 0.15) is 63.5 Å². The van der Waals surface area contributed by atoms with Crippen molar-refractivity contribution in [2.24, 2.45) is 23.2 Å². The number of benzene rings is 1. The summed E-state index contributed by atoms with van der Waals surface area (Å²) in [6.45, 7) is 4.90. The highest BCUT2D eigenvalue weighted by Gasteiger charge is 2.90. The van der Waals surface area contributed by atoms with Crippen LogP contribution in [-0.2, 0) is 21.4 Å². The third-order valence-corrected chi connectivity index (χ3v) is 10.8. The van der Waals surface area contributed by atoms with Gasteiger partial charge in [-0.25, -0.2) is 0 Å². The fourth-order valence-electron chi connectivity index (χ4n) is 9.05. The molecule has 6 heteroatoms. The number of fused-ring (bicyclic) bond motifs is 2. The molecule has 1 aromatic carbocycles. The number of aliphatic hydroxyl groups is 1. The smallest absolute Gasteiger partial charge is 0.223 e. The van der Waals surface area contributed by atoms with Gasteiger partial charge in [-0.05, 0) is 67.2 Å². The number of Topliss-reactive ketones (excluding diaryl/α,β-unsaturated/α-hetero) is 1. The molecule has 0 radical (unpaired) electrons. The summed E-state index contributed by atoms with van der Waals surface area (Å²) in [5.74, 6) is 0.978. The minimum atomic E-state index is -1.08. The molecule has 33 heavy (non-hydrogen) atoms. The largest absolute Gasteiger partial charge is 0.508 e. The Kier molecular flexibility index (Phi) is 3.84. The minimum absolute atomic E-state index is 0.0278. The number of phenolic OH excluding ortho intramolecular Hbond substituents is 1. The lowest BCUT2D eigenvalue weighted by Crippen LogP contribution is -2.81. The van der Waals surface area contributed by atoms with Crippen molar-refractivity contribution in [2.75, 3.05) is 6.54 Å². The first-order valence-electron chi connectivity index (χ1n) is 12.9. The first-order valence-corrected chi connectivity index (χ1v) is 12.9. The van der Waals surface area contributed by atoms with Crippen LogP contribution in [-0.4, -0.2) is 57.1 Å². The van der Waals surface area contributed by atoms with Crippen molar-refractivity contribution < 1.29 is 19.8 Å². The predicted molar refractivity (Wildman–Crippen MR) is 122 cm³/mol. The van der Waals surface area contributed by atoms with Gasteiger partial charge < -0.3 is 15.5 Å². The molecule has 1 aromatic rings. The Hall–Kier alpha value is -1.92. The third-order valence-electron chi connectivity index (χ3n) is 10.8. The van der Waals surface area contributed by atoms with Crippen molar-refractivity contribution in [3.05, 3.63) is 29.3 Å². The number of piperidine rings is 1. The van der Waals surface area contributed by atoms with Gasteiger partial charge in [0.15, 0.2) is 5.78 Å². The van der Waals surface area contributed by atoms with E-state index in [9.17, 15) is 19.8 Å². The van der Waals surface area contributed by atoms with Gasteiger partial charge in [0.05, 0.1) is 11.6 Å². The van der Waals surface area contributed by atoms with Gasteiger partial charge in [-0.3, -0.25) is 14.5 Å². The van der Waals surface area contributed by atoms with Crippen molar-refractivity contribution in [3.63, 3.8) is 0 Å². The monoisotopic (exact) mass is 450 g/mol. The first-order chi connectivity index (χ1) is 15.8. The number of carbonyl (C=O) groups is 2. The van der Waals surface area contributed by atoms with Gasteiger partial charge in [0.2, 0.25) is 5.91 Å². The maximum atomic E-state index is 13.6. The van der Waals surface area contributed by atoms with Gasteiger partial charge in [-0.2, -0.15) is 0 Å². The van der Waals surface area contributed by atoms with Crippen LogP contribution < -0.4 is 5.32 Å². The first kappa shape index (κ1) is 20.5. The van der Waals surface area contributed by atoms with E-state index in [1.165, 1.54) is 18.4 Å². The minimum Gasteiger partial charge on any atom is -0.508 e. The molecule has 1 heterocycles. The molecule has 6 aliphatic rings.